The van der Waals surface area contributed by atoms with Crippen molar-refractivity contribution in [3.63, 3.8) is 0 Å². The maximum atomic E-state index is 9.32. The van der Waals surface area contributed by atoms with Crippen LogP contribution < -0.4 is 9.64 Å². The second-order valence-corrected chi connectivity index (χ2v) is 5.20. The number of aliphatic hydroxyl groups excluding tert-OH is 1. The highest BCUT2D eigenvalue weighted by molar-refractivity contribution is 9.10. The van der Waals surface area contributed by atoms with Gasteiger partial charge in [0.1, 0.15) is 5.75 Å². The van der Waals surface area contributed by atoms with Gasteiger partial charge in [0.05, 0.1) is 23.7 Å². The maximum Gasteiger partial charge on any atom is 0.133 e. The van der Waals surface area contributed by atoms with E-state index in [9.17, 15) is 5.11 Å². The van der Waals surface area contributed by atoms with Crippen LogP contribution in [0.15, 0.2) is 22.7 Å². The summed E-state index contributed by atoms with van der Waals surface area (Å²) in [6.07, 6.45) is 0. The third-order valence-electron chi connectivity index (χ3n) is 2.82. The first-order valence-corrected chi connectivity index (χ1v) is 5.90. The number of hydrogen-bond donors (Lipinski definition) is 1. The first-order valence-electron chi connectivity index (χ1n) is 5.10. The molecule has 0 radical (unpaired) electrons. The molecule has 0 heterocycles. The highest BCUT2D eigenvalue weighted by Crippen LogP contribution is 2.31. The first kappa shape index (κ1) is 13.3. The summed E-state index contributed by atoms with van der Waals surface area (Å²) >= 11 is 3.45. The lowest BCUT2D eigenvalue weighted by Gasteiger charge is -2.36. The van der Waals surface area contributed by atoms with Crippen molar-refractivity contribution in [2.75, 3.05) is 25.7 Å². The van der Waals surface area contributed by atoms with E-state index in [4.69, 9.17) is 4.74 Å². The zero-order valence-corrected chi connectivity index (χ0v) is 11.7. The average molecular weight is 288 g/mol. The zero-order chi connectivity index (χ0) is 12.3. The summed E-state index contributed by atoms with van der Waals surface area (Å²) in [5, 5.41) is 9.32. The van der Waals surface area contributed by atoms with Gasteiger partial charge in [-0.15, -0.1) is 0 Å². The molecule has 0 atom stereocenters. The third-order valence-corrected chi connectivity index (χ3v) is 3.44. The van der Waals surface area contributed by atoms with Gasteiger partial charge < -0.3 is 14.7 Å². The molecule has 1 rings (SSSR count). The van der Waals surface area contributed by atoms with Gasteiger partial charge in [0.25, 0.3) is 0 Å². The summed E-state index contributed by atoms with van der Waals surface area (Å²) in [4.78, 5) is 2.04. The molecule has 1 N–H and O–H groups in total. The average Bonchev–Trinajstić information content (AvgIpc) is 2.27. The number of methoxy groups -OCH3 is 1. The second-order valence-electron chi connectivity index (χ2n) is 4.35. The number of anilines is 1. The molecule has 0 fully saturated rings. The quantitative estimate of drug-likeness (QED) is 0.924. The van der Waals surface area contributed by atoms with E-state index in [1.54, 1.807) is 7.11 Å². The molecular formula is C12H18BrNO2. The predicted octanol–water partition coefficient (Wildman–Crippen LogP) is 2.66. The molecule has 16 heavy (non-hydrogen) atoms. The minimum atomic E-state index is -0.284. The van der Waals surface area contributed by atoms with Crippen molar-refractivity contribution < 1.29 is 9.84 Å². The van der Waals surface area contributed by atoms with Crippen LogP contribution in [-0.4, -0.2) is 31.4 Å². The van der Waals surface area contributed by atoms with Crippen molar-refractivity contribution in [2.45, 2.75) is 19.4 Å². The Morgan fingerprint density at radius 1 is 1.44 bits per heavy atom. The van der Waals surface area contributed by atoms with E-state index in [2.05, 4.69) is 15.9 Å². The van der Waals surface area contributed by atoms with Gasteiger partial charge in [-0.1, -0.05) is 0 Å². The molecule has 4 heteroatoms. The SMILES string of the molecule is COc1ccc(N(C)C(C)(C)CO)cc1Br. The number of nitrogens with zero attached hydrogens (tertiary/aromatic N) is 1. The molecule has 0 aromatic heterocycles. The van der Waals surface area contributed by atoms with Crippen LogP contribution in [0.2, 0.25) is 0 Å². The van der Waals surface area contributed by atoms with Gasteiger partial charge in [-0.2, -0.15) is 0 Å². The fourth-order valence-corrected chi connectivity index (χ4v) is 1.85. The normalized spacial score (nSPS) is 11.4. The maximum absolute atomic E-state index is 9.32. The molecule has 0 saturated heterocycles. The van der Waals surface area contributed by atoms with E-state index in [-0.39, 0.29) is 12.1 Å². The van der Waals surface area contributed by atoms with Crippen molar-refractivity contribution in [2.24, 2.45) is 0 Å². The van der Waals surface area contributed by atoms with Gasteiger partial charge in [0, 0.05) is 12.7 Å². The number of rotatable bonds is 4. The summed E-state index contributed by atoms with van der Waals surface area (Å²) in [6, 6.07) is 5.86. The van der Waals surface area contributed by atoms with Crippen LogP contribution >= 0.6 is 15.9 Å². The molecule has 1 aromatic carbocycles. The molecule has 0 aliphatic heterocycles. The van der Waals surface area contributed by atoms with Crippen LogP contribution in [0.4, 0.5) is 5.69 Å². The lowest BCUT2D eigenvalue weighted by molar-refractivity contribution is 0.216. The zero-order valence-electron chi connectivity index (χ0n) is 10.1. The standard InChI is InChI=1S/C12H18BrNO2/c1-12(2,8-15)14(3)9-5-6-11(16-4)10(13)7-9/h5-7,15H,8H2,1-4H3. The molecule has 0 bridgehead atoms. The van der Waals surface area contributed by atoms with E-state index in [0.29, 0.717) is 0 Å². The number of likely N-dealkylation sites (N-methyl/N-ethyl adjacent to an activating group) is 1. The van der Waals surface area contributed by atoms with Gasteiger partial charge >= 0.3 is 0 Å². The van der Waals surface area contributed by atoms with E-state index < -0.39 is 0 Å². The summed E-state index contributed by atoms with van der Waals surface area (Å²) in [5.74, 6) is 0.805. The molecule has 0 unspecified atom stereocenters. The number of aliphatic hydroxyl groups is 1. The Morgan fingerprint density at radius 3 is 2.50 bits per heavy atom. The molecule has 0 aliphatic rings. The number of halogens is 1. The Morgan fingerprint density at radius 2 is 2.06 bits per heavy atom. The van der Waals surface area contributed by atoms with Gasteiger partial charge in [-0.25, -0.2) is 0 Å². The summed E-state index contributed by atoms with van der Waals surface area (Å²) < 4.78 is 6.09. The Labute approximate surface area is 105 Å². The van der Waals surface area contributed by atoms with E-state index in [1.165, 1.54) is 0 Å². The van der Waals surface area contributed by atoms with Crippen LogP contribution in [0.1, 0.15) is 13.8 Å². The van der Waals surface area contributed by atoms with Crippen molar-refractivity contribution in [3.05, 3.63) is 22.7 Å². The monoisotopic (exact) mass is 287 g/mol. The number of hydrogen-bond acceptors (Lipinski definition) is 3. The topological polar surface area (TPSA) is 32.7 Å². The minimum absolute atomic E-state index is 0.104. The highest BCUT2D eigenvalue weighted by atomic mass is 79.9. The van der Waals surface area contributed by atoms with Crippen LogP contribution in [-0.2, 0) is 0 Å². The minimum Gasteiger partial charge on any atom is -0.496 e. The van der Waals surface area contributed by atoms with Gasteiger partial charge in [-0.05, 0) is 48.0 Å². The van der Waals surface area contributed by atoms with Crippen LogP contribution in [0, 0.1) is 0 Å². The molecule has 0 spiro atoms. The van der Waals surface area contributed by atoms with Crippen LogP contribution in [0.25, 0.3) is 0 Å². The van der Waals surface area contributed by atoms with Crippen molar-refractivity contribution in [1.29, 1.82) is 0 Å². The van der Waals surface area contributed by atoms with Crippen molar-refractivity contribution >= 4 is 21.6 Å². The first-order chi connectivity index (χ1) is 7.42. The van der Waals surface area contributed by atoms with E-state index in [0.717, 1.165) is 15.9 Å². The highest BCUT2D eigenvalue weighted by Gasteiger charge is 2.23. The number of ether oxygens (including phenoxy) is 1. The molecule has 3 nitrogen and oxygen atoms in total. The third kappa shape index (κ3) is 2.68. The lowest BCUT2D eigenvalue weighted by atomic mass is 10.0. The van der Waals surface area contributed by atoms with Crippen LogP contribution in [0.5, 0.6) is 5.75 Å². The molecule has 1 aromatic rings. The summed E-state index contributed by atoms with van der Waals surface area (Å²) in [5.41, 5.74) is 0.750. The smallest absolute Gasteiger partial charge is 0.133 e. The number of benzene rings is 1. The van der Waals surface area contributed by atoms with E-state index in [1.807, 2.05) is 44.0 Å². The lowest BCUT2D eigenvalue weighted by Crippen LogP contribution is -2.44. The summed E-state index contributed by atoms with van der Waals surface area (Å²) in [7, 11) is 3.60. The molecule has 0 saturated carbocycles. The van der Waals surface area contributed by atoms with Crippen molar-refractivity contribution in [1.82, 2.24) is 0 Å². The molecule has 0 amide bonds. The fraction of sp³-hybridized carbons (Fsp3) is 0.500. The van der Waals surface area contributed by atoms with E-state index >= 15 is 0 Å². The predicted molar refractivity (Wildman–Crippen MR) is 70.3 cm³/mol. The fourth-order valence-electron chi connectivity index (χ4n) is 1.32. The van der Waals surface area contributed by atoms with Gasteiger partial charge in [0.15, 0.2) is 0 Å². The Balaban J connectivity index is 3.02. The van der Waals surface area contributed by atoms with Crippen LogP contribution in [0.3, 0.4) is 0 Å². The Hall–Kier alpha value is -0.740. The van der Waals surface area contributed by atoms with Crippen molar-refractivity contribution in [3.8, 4) is 5.75 Å². The van der Waals surface area contributed by atoms with Gasteiger partial charge in [0.2, 0.25) is 0 Å². The second kappa shape index (κ2) is 5.06. The summed E-state index contributed by atoms with van der Waals surface area (Å²) in [6.45, 7) is 4.09. The molecular weight excluding hydrogens is 270 g/mol. The van der Waals surface area contributed by atoms with Gasteiger partial charge in [-0.3, -0.25) is 0 Å². The molecule has 0 aliphatic carbocycles. The Bertz CT molecular complexity index is 366. The Kier molecular flexibility index (Phi) is 4.21. The molecule has 90 valence electrons. The largest absolute Gasteiger partial charge is 0.496 e.